The van der Waals surface area contributed by atoms with E-state index in [0.717, 1.165) is 9.80 Å². The number of anilines is 1. The number of para-hydroxylation sites is 1. The Balaban J connectivity index is 1.46. The molecule has 1 N–H and O–H groups in total. The number of nitrogens with zero attached hydrogens (tertiary/aromatic N) is 2. The highest BCUT2D eigenvalue weighted by atomic mass is 32.2. The van der Waals surface area contributed by atoms with Crippen LogP contribution in [0, 0.1) is 5.82 Å². The highest BCUT2D eigenvalue weighted by molar-refractivity contribution is 7.89. The Bertz CT molecular complexity index is 1040. The molecule has 0 spiro atoms. The summed E-state index contributed by atoms with van der Waals surface area (Å²) in [5.41, 5.74) is -0.0327. The van der Waals surface area contributed by atoms with Crippen LogP contribution < -0.4 is 9.80 Å². The Morgan fingerprint density at radius 3 is 2.21 bits per heavy atom. The molecular formula is C20H21FN3O4S+. The molecule has 2 heterocycles. The van der Waals surface area contributed by atoms with Gasteiger partial charge in [-0.2, -0.15) is 4.31 Å². The summed E-state index contributed by atoms with van der Waals surface area (Å²) in [6, 6.07) is 13.3. The second-order valence-electron chi connectivity index (χ2n) is 7.15. The molecule has 2 aromatic rings. The number of quaternary nitrogens is 1. The highest BCUT2D eigenvalue weighted by Crippen LogP contribution is 2.25. The second-order valence-corrected chi connectivity index (χ2v) is 9.09. The van der Waals surface area contributed by atoms with Crippen LogP contribution in [0.1, 0.15) is 6.42 Å². The number of rotatable bonds is 4. The summed E-state index contributed by atoms with van der Waals surface area (Å²) >= 11 is 0. The monoisotopic (exact) mass is 418 g/mol. The molecule has 152 valence electrons. The lowest BCUT2D eigenvalue weighted by molar-refractivity contribution is -0.918. The van der Waals surface area contributed by atoms with E-state index in [9.17, 15) is 22.4 Å². The van der Waals surface area contributed by atoms with Crippen LogP contribution in [-0.2, 0) is 19.6 Å². The summed E-state index contributed by atoms with van der Waals surface area (Å²) in [5.74, 6) is -1.49. The average molecular weight is 418 g/mol. The fraction of sp³-hybridized carbons (Fsp3) is 0.300. The van der Waals surface area contributed by atoms with Gasteiger partial charge in [0.15, 0.2) is 6.04 Å². The predicted molar refractivity (Wildman–Crippen MR) is 103 cm³/mol. The Kier molecular flexibility index (Phi) is 5.20. The van der Waals surface area contributed by atoms with Crippen molar-refractivity contribution in [1.82, 2.24) is 4.31 Å². The fourth-order valence-electron chi connectivity index (χ4n) is 3.94. The Labute approximate surface area is 168 Å². The van der Waals surface area contributed by atoms with Crippen LogP contribution in [0.15, 0.2) is 59.5 Å². The number of nitrogens with one attached hydrogen (secondary N) is 1. The largest absolute Gasteiger partial charge is 0.322 e. The van der Waals surface area contributed by atoms with E-state index in [-0.39, 0.29) is 30.1 Å². The third kappa shape index (κ3) is 3.57. The number of halogens is 1. The van der Waals surface area contributed by atoms with Gasteiger partial charge < -0.3 is 4.90 Å². The standard InChI is InChI=1S/C20H20FN3O4S/c21-16-8-4-5-9-17(16)24-19(25)14-18(20(24)26)22-10-12-23(13-11-22)29(27,28)15-6-2-1-3-7-15/h1-9,18H,10-14H2/p+1/t18-/m0/s1. The molecule has 0 bridgehead atoms. The zero-order chi connectivity index (χ0) is 20.6. The lowest BCUT2D eigenvalue weighted by atomic mass is 10.2. The van der Waals surface area contributed by atoms with Gasteiger partial charge in [0, 0.05) is 0 Å². The SMILES string of the molecule is O=C1C[C@H]([NH+]2CCN(S(=O)(=O)c3ccccc3)CC2)C(=O)N1c1ccccc1F. The van der Waals surface area contributed by atoms with Gasteiger partial charge in [0.05, 0.1) is 43.2 Å². The van der Waals surface area contributed by atoms with E-state index < -0.39 is 33.7 Å². The minimum absolute atomic E-state index is 0.00602. The summed E-state index contributed by atoms with van der Waals surface area (Å²) in [6.45, 7) is 1.32. The first kappa shape index (κ1) is 19.7. The molecule has 0 aromatic heterocycles. The van der Waals surface area contributed by atoms with Crippen molar-refractivity contribution in [3.63, 3.8) is 0 Å². The fourth-order valence-corrected chi connectivity index (χ4v) is 5.40. The number of carbonyl (C=O) groups is 2. The summed E-state index contributed by atoms with van der Waals surface area (Å²) < 4.78 is 41.0. The smallest absolute Gasteiger partial charge is 0.292 e. The minimum Gasteiger partial charge on any atom is -0.322 e. The van der Waals surface area contributed by atoms with Crippen LogP contribution in [0.4, 0.5) is 10.1 Å². The minimum atomic E-state index is -3.58. The molecule has 7 nitrogen and oxygen atoms in total. The van der Waals surface area contributed by atoms with Crippen LogP contribution in [0.5, 0.6) is 0 Å². The average Bonchev–Trinajstić information content (AvgIpc) is 3.03. The molecule has 0 aliphatic carbocycles. The van der Waals surface area contributed by atoms with Gasteiger partial charge in [0.2, 0.25) is 15.9 Å². The number of hydrogen-bond donors (Lipinski definition) is 1. The quantitative estimate of drug-likeness (QED) is 0.712. The van der Waals surface area contributed by atoms with Crippen LogP contribution in [0.25, 0.3) is 0 Å². The molecule has 4 rings (SSSR count). The molecular weight excluding hydrogens is 397 g/mol. The van der Waals surface area contributed by atoms with Gasteiger partial charge in [0.1, 0.15) is 5.82 Å². The van der Waals surface area contributed by atoms with Crippen LogP contribution in [0.3, 0.4) is 0 Å². The lowest BCUT2D eigenvalue weighted by Crippen LogP contribution is -3.19. The normalized spacial score (nSPS) is 21.7. The van der Waals surface area contributed by atoms with Crippen molar-refractivity contribution in [2.75, 3.05) is 31.1 Å². The Hall–Kier alpha value is -2.62. The van der Waals surface area contributed by atoms with Gasteiger partial charge in [-0.25, -0.2) is 17.7 Å². The van der Waals surface area contributed by atoms with Gasteiger partial charge in [-0.3, -0.25) is 9.59 Å². The highest BCUT2D eigenvalue weighted by Gasteiger charge is 2.47. The van der Waals surface area contributed by atoms with Gasteiger partial charge in [-0.05, 0) is 24.3 Å². The molecule has 0 radical (unpaired) electrons. The van der Waals surface area contributed by atoms with E-state index >= 15 is 0 Å². The van der Waals surface area contributed by atoms with E-state index in [2.05, 4.69) is 0 Å². The number of imide groups is 1. The molecule has 2 amide bonds. The summed E-state index contributed by atoms with van der Waals surface area (Å²) in [4.78, 5) is 27.3. The van der Waals surface area contributed by atoms with Crippen LogP contribution in [-0.4, -0.2) is 56.8 Å². The summed E-state index contributed by atoms with van der Waals surface area (Å²) in [7, 11) is -3.58. The zero-order valence-corrected chi connectivity index (χ0v) is 16.4. The van der Waals surface area contributed by atoms with Gasteiger partial charge in [-0.15, -0.1) is 0 Å². The topological polar surface area (TPSA) is 79.2 Å². The molecule has 2 aliphatic rings. The van der Waals surface area contributed by atoms with E-state index in [0.29, 0.717) is 13.1 Å². The molecule has 1 atom stereocenters. The number of sulfonamides is 1. The number of amides is 2. The van der Waals surface area contributed by atoms with E-state index in [1.807, 2.05) is 0 Å². The molecule has 2 saturated heterocycles. The number of hydrogen-bond acceptors (Lipinski definition) is 4. The van der Waals surface area contributed by atoms with Gasteiger partial charge in [0.25, 0.3) is 5.91 Å². The third-order valence-electron chi connectivity index (χ3n) is 5.48. The molecule has 9 heteroatoms. The number of benzene rings is 2. The van der Waals surface area contributed by atoms with Crippen LogP contribution in [0.2, 0.25) is 0 Å². The predicted octanol–water partition coefficient (Wildman–Crippen LogP) is 0.0470. The van der Waals surface area contributed by atoms with E-state index in [1.165, 1.54) is 22.5 Å². The molecule has 29 heavy (non-hydrogen) atoms. The second kappa shape index (κ2) is 7.66. The first-order valence-electron chi connectivity index (χ1n) is 9.40. The zero-order valence-electron chi connectivity index (χ0n) is 15.6. The Morgan fingerprint density at radius 2 is 1.55 bits per heavy atom. The lowest BCUT2D eigenvalue weighted by Gasteiger charge is -2.33. The number of carbonyl (C=O) groups excluding carboxylic acids is 2. The maximum Gasteiger partial charge on any atom is 0.292 e. The van der Waals surface area contributed by atoms with Crippen molar-refractivity contribution in [3.05, 3.63) is 60.4 Å². The molecule has 0 saturated carbocycles. The van der Waals surface area contributed by atoms with E-state index in [1.54, 1.807) is 36.4 Å². The first-order valence-corrected chi connectivity index (χ1v) is 10.8. The number of piperazine rings is 1. The molecule has 2 aliphatic heterocycles. The van der Waals surface area contributed by atoms with Crippen molar-refractivity contribution < 1.29 is 27.3 Å². The Morgan fingerprint density at radius 1 is 0.931 bits per heavy atom. The molecule has 0 unspecified atom stereocenters. The maximum absolute atomic E-state index is 14.1. The third-order valence-corrected chi connectivity index (χ3v) is 7.39. The first-order chi connectivity index (χ1) is 13.9. The van der Waals surface area contributed by atoms with Crippen molar-refractivity contribution in [2.24, 2.45) is 0 Å². The maximum atomic E-state index is 14.1. The van der Waals surface area contributed by atoms with Crippen molar-refractivity contribution in [2.45, 2.75) is 17.4 Å². The summed E-state index contributed by atoms with van der Waals surface area (Å²) in [6.07, 6.45) is -0.00602. The van der Waals surface area contributed by atoms with Crippen molar-refractivity contribution >= 4 is 27.5 Å². The molecule has 2 fully saturated rings. The van der Waals surface area contributed by atoms with Crippen LogP contribution >= 0.6 is 0 Å². The van der Waals surface area contributed by atoms with E-state index in [4.69, 9.17) is 0 Å². The van der Waals surface area contributed by atoms with Crippen molar-refractivity contribution in [3.8, 4) is 0 Å². The van der Waals surface area contributed by atoms with Gasteiger partial charge in [-0.1, -0.05) is 30.3 Å². The van der Waals surface area contributed by atoms with Crippen molar-refractivity contribution in [1.29, 1.82) is 0 Å². The summed E-state index contributed by atoms with van der Waals surface area (Å²) in [5, 5.41) is 0. The van der Waals surface area contributed by atoms with Gasteiger partial charge >= 0.3 is 0 Å². The molecule has 2 aromatic carbocycles.